The van der Waals surface area contributed by atoms with Gasteiger partial charge in [-0.1, -0.05) is 19.1 Å². The molecule has 1 N–H and O–H groups in total. The summed E-state index contributed by atoms with van der Waals surface area (Å²) in [6.07, 6.45) is 0.895. The number of rotatable bonds is 2. The Balaban J connectivity index is 2.59. The number of halogens is 2. The molecule has 2 aromatic rings. The van der Waals surface area contributed by atoms with Gasteiger partial charge in [0.05, 0.1) is 13.1 Å². The fraction of sp³-hybridized carbons (Fsp3) is 0.200. The van der Waals surface area contributed by atoms with E-state index < -0.39 is 0 Å². The van der Waals surface area contributed by atoms with Crippen molar-refractivity contribution in [3.63, 3.8) is 0 Å². The van der Waals surface area contributed by atoms with Crippen molar-refractivity contribution in [2.75, 3.05) is 0 Å². The number of aromatic nitrogens is 2. The average Bonchev–Trinajstić information content (AvgIpc) is 2.69. The van der Waals surface area contributed by atoms with Gasteiger partial charge in [0.2, 0.25) is 0 Å². The van der Waals surface area contributed by atoms with Gasteiger partial charge in [-0.05, 0) is 50.4 Å². The first-order chi connectivity index (χ1) is 7.61. The van der Waals surface area contributed by atoms with Gasteiger partial charge in [0.1, 0.15) is 10.5 Å². The van der Waals surface area contributed by atoms with Crippen molar-refractivity contribution in [2.24, 2.45) is 0 Å². The van der Waals surface area contributed by atoms with Crippen molar-refractivity contribution in [1.29, 1.82) is 0 Å². The van der Waals surface area contributed by atoms with E-state index in [1.165, 1.54) is 0 Å². The molecular formula is C10H8Br2N2S2. The summed E-state index contributed by atoms with van der Waals surface area (Å²) in [6, 6.07) is 4.03. The summed E-state index contributed by atoms with van der Waals surface area (Å²) in [5, 5.41) is 0. The van der Waals surface area contributed by atoms with Crippen molar-refractivity contribution in [3.8, 4) is 10.7 Å². The molecule has 0 saturated carbocycles. The SMILES string of the molecule is CCc1[nH]c(-c2ccc(Br)s2)nc(=S)c1Br. The van der Waals surface area contributed by atoms with E-state index in [4.69, 9.17) is 12.2 Å². The zero-order valence-corrected chi connectivity index (χ0v) is 13.2. The predicted molar refractivity (Wildman–Crippen MR) is 77.5 cm³/mol. The van der Waals surface area contributed by atoms with Gasteiger partial charge in [0.15, 0.2) is 0 Å². The fourth-order valence-corrected chi connectivity index (χ4v) is 3.32. The van der Waals surface area contributed by atoms with Gasteiger partial charge >= 0.3 is 0 Å². The summed E-state index contributed by atoms with van der Waals surface area (Å²) >= 11 is 13.7. The Bertz CT molecular complexity index is 574. The summed E-state index contributed by atoms with van der Waals surface area (Å²) < 4.78 is 2.59. The van der Waals surface area contributed by atoms with Crippen molar-refractivity contribution in [3.05, 3.63) is 30.7 Å². The van der Waals surface area contributed by atoms with Crippen LogP contribution in [0.5, 0.6) is 0 Å². The maximum Gasteiger partial charge on any atom is 0.149 e. The molecule has 0 saturated heterocycles. The minimum absolute atomic E-state index is 0.607. The van der Waals surface area contributed by atoms with E-state index in [0.717, 1.165) is 31.1 Å². The number of nitrogens with zero attached hydrogens (tertiary/aromatic N) is 1. The Morgan fingerprint density at radius 3 is 2.75 bits per heavy atom. The second-order valence-electron chi connectivity index (χ2n) is 3.14. The molecule has 0 aliphatic heterocycles. The summed E-state index contributed by atoms with van der Waals surface area (Å²) in [5.41, 5.74) is 1.08. The van der Waals surface area contributed by atoms with Gasteiger partial charge in [0.25, 0.3) is 0 Å². The van der Waals surface area contributed by atoms with Crippen molar-refractivity contribution in [2.45, 2.75) is 13.3 Å². The molecule has 0 fully saturated rings. The van der Waals surface area contributed by atoms with Crippen LogP contribution in [0.15, 0.2) is 20.4 Å². The van der Waals surface area contributed by atoms with E-state index in [-0.39, 0.29) is 0 Å². The normalized spacial score (nSPS) is 10.7. The molecule has 0 radical (unpaired) electrons. The van der Waals surface area contributed by atoms with E-state index in [9.17, 15) is 0 Å². The Morgan fingerprint density at radius 1 is 1.44 bits per heavy atom. The molecule has 0 bridgehead atoms. The molecule has 84 valence electrons. The third-order valence-corrected chi connectivity index (χ3v) is 5.14. The molecule has 6 heteroatoms. The van der Waals surface area contributed by atoms with E-state index in [2.05, 4.69) is 48.8 Å². The Hall–Kier alpha value is -0.0400. The molecule has 0 aromatic carbocycles. The first-order valence-corrected chi connectivity index (χ1v) is 7.47. The van der Waals surface area contributed by atoms with Gasteiger partial charge in [-0.2, -0.15) is 0 Å². The van der Waals surface area contributed by atoms with E-state index >= 15 is 0 Å². The van der Waals surface area contributed by atoms with Crippen LogP contribution in [0.25, 0.3) is 10.7 Å². The lowest BCUT2D eigenvalue weighted by Gasteiger charge is -2.04. The average molecular weight is 380 g/mol. The van der Waals surface area contributed by atoms with Crippen LogP contribution in [0.1, 0.15) is 12.6 Å². The lowest BCUT2D eigenvalue weighted by Crippen LogP contribution is -1.96. The third kappa shape index (κ3) is 2.45. The van der Waals surface area contributed by atoms with Gasteiger partial charge in [-0.15, -0.1) is 11.3 Å². The van der Waals surface area contributed by atoms with Crippen LogP contribution < -0.4 is 0 Å². The number of hydrogen-bond donors (Lipinski definition) is 1. The van der Waals surface area contributed by atoms with Crippen LogP contribution in [0.3, 0.4) is 0 Å². The zero-order chi connectivity index (χ0) is 11.7. The molecule has 0 unspecified atom stereocenters. The highest BCUT2D eigenvalue weighted by atomic mass is 79.9. The molecular weight excluding hydrogens is 372 g/mol. The molecule has 2 heterocycles. The van der Waals surface area contributed by atoms with E-state index in [1.807, 2.05) is 12.1 Å². The largest absolute Gasteiger partial charge is 0.341 e. The molecule has 16 heavy (non-hydrogen) atoms. The lowest BCUT2D eigenvalue weighted by atomic mass is 10.3. The van der Waals surface area contributed by atoms with Crippen LogP contribution in [-0.2, 0) is 6.42 Å². The first-order valence-electron chi connectivity index (χ1n) is 4.66. The first kappa shape index (κ1) is 12.4. The maximum absolute atomic E-state index is 5.22. The van der Waals surface area contributed by atoms with Crippen molar-refractivity contribution >= 4 is 55.4 Å². The van der Waals surface area contributed by atoms with Gasteiger partial charge < -0.3 is 4.98 Å². The minimum atomic E-state index is 0.607. The maximum atomic E-state index is 5.22. The number of thiophene rings is 1. The Morgan fingerprint density at radius 2 is 2.19 bits per heavy atom. The van der Waals surface area contributed by atoms with Crippen molar-refractivity contribution < 1.29 is 0 Å². The van der Waals surface area contributed by atoms with Gasteiger partial charge in [-0.25, -0.2) is 4.98 Å². The van der Waals surface area contributed by atoms with Crippen LogP contribution >= 0.6 is 55.4 Å². The number of hydrogen-bond acceptors (Lipinski definition) is 3. The summed E-state index contributed by atoms with van der Waals surface area (Å²) in [7, 11) is 0. The molecule has 2 rings (SSSR count). The Kier molecular flexibility index (Phi) is 3.94. The quantitative estimate of drug-likeness (QED) is 0.747. The molecule has 0 atom stereocenters. The van der Waals surface area contributed by atoms with Gasteiger partial charge in [-0.3, -0.25) is 0 Å². The summed E-state index contributed by atoms with van der Waals surface area (Å²) in [4.78, 5) is 8.75. The number of aromatic amines is 1. The smallest absolute Gasteiger partial charge is 0.149 e. The summed E-state index contributed by atoms with van der Waals surface area (Å²) in [5.74, 6) is 0.834. The predicted octanol–water partition coefficient (Wildman–Crippen LogP) is 4.96. The molecule has 0 spiro atoms. The van der Waals surface area contributed by atoms with Crippen LogP contribution in [0, 0.1) is 4.64 Å². The topological polar surface area (TPSA) is 28.7 Å². The highest BCUT2D eigenvalue weighted by Crippen LogP contribution is 2.30. The summed E-state index contributed by atoms with van der Waals surface area (Å²) in [6.45, 7) is 2.08. The molecule has 2 nitrogen and oxygen atoms in total. The highest BCUT2D eigenvalue weighted by Gasteiger charge is 2.08. The third-order valence-electron chi connectivity index (χ3n) is 2.10. The molecule has 0 aliphatic rings. The van der Waals surface area contributed by atoms with E-state index in [0.29, 0.717) is 4.64 Å². The Labute approximate surface area is 119 Å². The molecule has 2 aromatic heterocycles. The lowest BCUT2D eigenvalue weighted by molar-refractivity contribution is 0.986. The van der Waals surface area contributed by atoms with E-state index in [1.54, 1.807) is 11.3 Å². The molecule has 0 amide bonds. The van der Waals surface area contributed by atoms with Crippen molar-refractivity contribution in [1.82, 2.24) is 9.97 Å². The fourth-order valence-electron chi connectivity index (χ4n) is 1.31. The van der Waals surface area contributed by atoms with Crippen LogP contribution in [0.4, 0.5) is 0 Å². The second-order valence-corrected chi connectivity index (χ2v) is 6.78. The van der Waals surface area contributed by atoms with Gasteiger partial charge in [0, 0.05) is 5.69 Å². The monoisotopic (exact) mass is 378 g/mol. The highest BCUT2D eigenvalue weighted by molar-refractivity contribution is 9.11. The minimum Gasteiger partial charge on any atom is -0.341 e. The van der Waals surface area contributed by atoms with Crippen LogP contribution in [-0.4, -0.2) is 9.97 Å². The number of nitrogens with one attached hydrogen (secondary N) is 1. The second kappa shape index (κ2) is 5.08. The number of H-pyrrole nitrogens is 1. The molecule has 0 aliphatic carbocycles. The standard InChI is InChI=1S/C10H8Br2N2S2/c1-2-5-8(12)10(15)14-9(13-5)6-3-4-7(11)16-6/h3-4H,2H2,1H3,(H,13,14,15). The van der Waals surface area contributed by atoms with Crippen LogP contribution in [0.2, 0.25) is 0 Å². The number of aryl methyl sites for hydroxylation is 1. The zero-order valence-electron chi connectivity index (χ0n) is 8.38.